The molecule has 0 saturated heterocycles. The van der Waals surface area contributed by atoms with Gasteiger partial charge in [-0.3, -0.25) is 14.8 Å². The molecule has 0 aliphatic rings. The summed E-state index contributed by atoms with van der Waals surface area (Å²) in [4.78, 5) is 22.6. The number of hydrogen-bond acceptors (Lipinski definition) is 3. The van der Waals surface area contributed by atoms with E-state index in [0.29, 0.717) is 18.7 Å². The van der Waals surface area contributed by atoms with Crippen LogP contribution in [0.25, 0.3) is 0 Å². The van der Waals surface area contributed by atoms with Crippen LogP contribution in [0.3, 0.4) is 0 Å². The van der Waals surface area contributed by atoms with Crippen molar-refractivity contribution in [2.75, 3.05) is 26.7 Å². The van der Waals surface area contributed by atoms with Crippen molar-refractivity contribution in [1.29, 1.82) is 0 Å². The number of aliphatic imine (C=N–C) groups is 1. The fourth-order valence-electron chi connectivity index (χ4n) is 2.44. The van der Waals surface area contributed by atoms with Gasteiger partial charge in [0.25, 0.3) is 5.91 Å². The molecule has 2 heterocycles. The van der Waals surface area contributed by atoms with E-state index in [4.69, 9.17) is 0 Å². The van der Waals surface area contributed by atoms with Crippen molar-refractivity contribution in [1.82, 2.24) is 25.1 Å². The lowest BCUT2D eigenvalue weighted by atomic mass is 10.3. The summed E-state index contributed by atoms with van der Waals surface area (Å²) < 4.78 is 3.14. The Bertz CT molecular complexity index is 750. The standard InChI is InChI=1S/C18H25BrN6O.HI/c1-4-21-18(25(3)13-16-10-15(19)12-24(16)2)23-9-8-22-17(26)14-6-5-7-20-11-14;/h5-7,10-12H,4,8-9,13H2,1-3H3,(H,21,23)(H,22,26);1H. The third kappa shape index (κ3) is 7.49. The Morgan fingerprint density at radius 1 is 1.41 bits per heavy atom. The molecule has 2 aromatic heterocycles. The molecule has 0 fully saturated rings. The SMILES string of the molecule is CCNC(=NCCNC(=O)c1cccnc1)N(C)Cc1cc(Br)cn1C.I. The van der Waals surface area contributed by atoms with Gasteiger partial charge < -0.3 is 20.1 Å². The number of nitrogens with zero attached hydrogens (tertiary/aromatic N) is 4. The van der Waals surface area contributed by atoms with Crippen LogP contribution in [-0.4, -0.2) is 53.0 Å². The van der Waals surface area contributed by atoms with E-state index in [1.807, 2.05) is 27.2 Å². The number of pyridine rings is 1. The maximum absolute atomic E-state index is 12.0. The van der Waals surface area contributed by atoms with Crippen LogP contribution in [0, 0.1) is 0 Å². The van der Waals surface area contributed by atoms with E-state index in [1.54, 1.807) is 24.5 Å². The van der Waals surface area contributed by atoms with Crippen LogP contribution >= 0.6 is 39.9 Å². The second-order valence-electron chi connectivity index (χ2n) is 5.85. The molecule has 148 valence electrons. The molecule has 7 nitrogen and oxygen atoms in total. The van der Waals surface area contributed by atoms with Gasteiger partial charge in [0.05, 0.1) is 18.7 Å². The average Bonchev–Trinajstić information content (AvgIpc) is 2.95. The summed E-state index contributed by atoms with van der Waals surface area (Å²) >= 11 is 3.49. The van der Waals surface area contributed by atoms with Gasteiger partial charge in [-0.15, -0.1) is 24.0 Å². The van der Waals surface area contributed by atoms with Gasteiger partial charge in [-0.05, 0) is 41.1 Å². The summed E-state index contributed by atoms with van der Waals surface area (Å²) in [7, 11) is 4.02. The molecular formula is C18H26BrIN6O. The van der Waals surface area contributed by atoms with Crippen LogP contribution in [0.5, 0.6) is 0 Å². The Balaban J connectivity index is 0.00000364. The minimum absolute atomic E-state index is 0. The first kappa shape index (κ1) is 23.4. The van der Waals surface area contributed by atoms with Gasteiger partial charge in [-0.2, -0.15) is 0 Å². The number of rotatable bonds is 7. The lowest BCUT2D eigenvalue weighted by molar-refractivity contribution is 0.0954. The van der Waals surface area contributed by atoms with E-state index in [-0.39, 0.29) is 29.9 Å². The van der Waals surface area contributed by atoms with Crippen LogP contribution in [0.4, 0.5) is 0 Å². The maximum atomic E-state index is 12.0. The summed E-state index contributed by atoms with van der Waals surface area (Å²) in [5.41, 5.74) is 1.73. The van der Waals surface area contributed by atoms with Crippen LogP contribution in [0.2, 0.25) is 0 Å². The molecular weight excluding hydrogens is 523 g/mol. The van der Waals surface area contributed by atoms with E-state index in [2.05, 4.69) is 52.1 Å². The average molecular weight is 549 g/mol. The molecule has 0 atom stereocenters. The van der Waals surface area contributed by atoms with Gasteiger partial charge in [0.1, 0.15) is 0 Å². The summed E-state index contributed by atoms with van der Waals surface area (Å²) in [6.45, 7) is 4.51. The number of aromatic nitrogens is 2. The second kappa shape index (κ2) is 12.0. The molecule has 0 aliphatic carbocycles. The molecule has 0 spiro atoms. The smallest absolute Gasteiger partial charge is 0.252 e. The Morgan fingerprint density at radius 2 is 2.19 bits per heavy atom. The highest BCUT2D eigenvalue weighted by molar-refractivity contribution is 14.0. The number of nitrogens with one attached hydrogen (secondary N) is 2. The lowest BCUT2D eigenvalue weighted by Crippen LogP contribution is -2.39. The molecule has 0 aliphatic heterocycles. The fourth-order valence-corrected chi connectivity index (χ4v) is 3.01. The Labute approximate surface area is 185 Å². The highest BCUT2D eigenvalue weighted by Gasteiger charge is 2.10. The van der Waals surface area contributed by atoms with Gasteiger partial charge in [0.2, 0.25) is 0 Å². The Morgan fingerprint density at radius 3 is 2.78 bits per heavy atom. The van der Waals surface area contributed by atoms with Crippen LogP contribution in [-0.2, 0) is 13.6 Å². The summed E-state index contributed by atoms with van der Waals surface area (Å²) in [5, 5.41) is 6.14. The normalized spacial score (nSPS) is 10.9. The number of carbonyl (C=O) groups is 1. The van der Waals surface area contributed by atoms with E-state index >= 15 is 0 Å². The molecule has 0 aromatic carbocycles. The minimum Gasteiger partial charge on any atom is -0.357 e. The molecule has 1 amide bonds. The zero-order chi connectivity index (χ0) is 18.9. The maximum Gasteiger partial charge on any atom is 0.252 e. The number of aryl methyl sites for hydroxylation is 1. The number of hydrogen-bond donors (Lipinski definition) is 2. The zero-order valence-electron chi connectivity index (χ0n) is 15.8. The fraction of sp³-hybridized carbons (Fsp3) is 0.389. The minimum atomic E-state index is -0.139. The van der Waals surface area contributed by atoms with Crippen LogP contribution < -0.4 is 10.6 Å². The summed E-state index contributed by atoms with van der Waals surface area (Å²) in [6, 6.07) is 5.57. The summed E-state index contributed by atoms with van der Waals surface area (Å²) in [6.07, 6.45) is 5.22. The van der Waals surface area contributed by atoms with Crippen molar-refractivity contribution in [3.8, 4) is 0 Å². The first-order valence-corrected chi connectivity index (χ1v) is 9.29. The lowest BCUT2D eigenvalue weighted by Gasteiger charge is -2.22. The first-order chi connectivity index (χ1) is 12.5. The zero-order valence-corrected chi connectivity index (χ0v) is 19.7. The molecule has 9 heteroatoms. The number of halogens is 2. The molecule has 2 rings (SSSR count). The van der Waals surface area contributed by atoms with Gasteiger partial charge in [-0.1, -0.05) is 0 Å². The van der Waals surface area contributed by atoms with Crippen molar-refractivity contribution in [2.45, 2.75) is 13.5 Å². The van der Waals surface area contributed by atoms with E-state index in [1.165, 1.54) is 5.69 Å². The largest absolute Gasteiger partial charge is 0.357 e. The van der Waals surface area contributed by atoms with Crippen molar-refractivity contribution < 1.29 is 4.79 Å². The summed E-state index contributed by atoms with van der Waals surface area (Å²) in [5.74, 6) is 0.667. The molecule has 2 aromatic rings. The van der Waals surface area contributed by atoms with Crippen molar-refractivity contribution >= 4 is 51.8 Å². The van der Waals surface area contributed by atoms with E-state index in [0.717, 1.165) is 23.5 Å². The highest BCUT2D eigenvalue weighted by atomic mass is 127. The Kier molecular flexibility index (Phi) is 10.4. The predicted molar refractivity (Wildman–Crippen MR) is 123 cm³/mol. The molecule has 0 radical (unpaired) electrons. The third-order valence-corrected chi connectivity index (χ3v) is 4.19. The topological polar surface area (TPSA) is 74.5 Å². The molecule has 2 N–H and O–H groups in total. The molecule has 0 bridgehead atoms. The predicted octanol–water partition coefficient (Wildman–Crippen LogP) is 2.63. The van der Waals surface area contributed by atoms with Crippen LogP contribution in [0.15, 0.2) is 46.3 Å². The Hall–Kier alpha value is -1.62. The van der Waals surface area contributed by atoms with Gasteiger partial charge in [-0.25, -0.2) is 0 Å². The van der Waals surface area contributed by atoms with Gasteiger partial charge in [0, 0.05) is 55.9 Å². The quantitative estimate of drug-likeness (QED) is 0.241. The monoisotopic (exact) mass is 548 g/mol. The highest BCUT2D eigenvalue weighted by Crippen LogP contribution is 2.14. The number of guanidine groups is 1. The third-order valence-electron chi connectivity index (χ3n) is 3.75. The number of amides is 1. The van der Waals surface area contributed by atoms with Crippen molar-refractivity contribution in [2.24, 2.45) is 12.0 Å². The molecule has 0 saturated carbocycles. The molecule has 0 unspecified atom stereocenters. The first-order valence-electron chi connectivity index (χ1n) is 8.49. The number of carbonyl (C=O) groups excluding carboxylic acids is 1. The van der Waals surface area contributed by atoms with E-state index in [9.17, 15) is 4.79 Å². The van der Waals surface area contributed by atoms with Crippen LogP contribution in [0.1, 0.15) is 23.0 Å². The van der Waals surface area contributed by atoms with Gasteiger partial charge >= 0.3 is 0 Å². The van der Waals surface area contributed by atoms with Crippen molar-refractivity contribution in [3.05, 3.63) is 52.5 Å². The van der Waals surface area contributed by atoms with E-state index < -0.39 is 0 Å². The molecule has 27 heavy (non-hydrogen) atoms. The van der Waals surface area contributed by atoms with Crippen molar-refractivity contribution in [3.63, 3.8) is 0 Å². The second-order valence-corrected chi connectivity index (χ2v) is 6.77. The van der Waals surface area contributed by atoms with Gasteiger partial charge in [0.15, 0.2) is 5.96 Å².